The summed E-state index contributed by atoms with van der Waals surface area (Å²) in [4.78, 5) is 11.0. The maximum atomic E-state index is 11.0. The van der Waals surface area contributed by atoms with Crippen LogP contribution in [0.5, 0.6) is 0 Å². The maximum absolute atomic E-state index is 11.0. The summed E-state index contributed by atoms with van der Waals surface area (Å²) in [6, 6.07) is 0. The summed E-state index contributed by atoms with van der Waals surface area (Å²) in [7, 11) is 0. The van der Waals surface area contributed by atoms with Gasteiger partial charge in [0.2, 0.25) is 5.91 Å². The van der Waals surface area contributed by atoms with Gasteiger partial charge in [-0.05, 0) is 20.8 Å². The fourth-order valence-corrected chi connectivity index (χ4v) is 1.79. The number of carbonyl (C=O) groups excluding carboxylic acids is 1. The van der Waals surface area contributed by atoms with E-state index in [-0.39, 0.29) is 11.4 Å². The Morgan fingerprint density at radius 2 is 2.15 bits per heavy atom. The second-order valence-corrected chi connectivity index (χ2v) is 4.85. The number of hydrogen-bond acceptors (Lipinski definition) is 3. The van der Waals surface area contributed by atoms with Crippen LogP contribution in [0.15, 0.2) is 0 Å². The van der Waals surface area contributed by atoms with Crippen LogP contribution in [0.3, 0.4) is 0 Å². The third kappa shape index (κ3) is 9.70. The van der Waals surface area contributed by atoms with Crippen LogP contribution in [0, 0.1) is 0 Å². The molecule has 4 heteroatoms. The average molecular weight is 204 g/mol. The number of nitrogens with two attached hydrogens (primary N) is 1. The average Bonchev–Trinajstić information content (AvgIpc) is 1.97. The first-order valence-electron chi connectivity index (χ1n) is 4.59. The van der Waals surface area contributed by atoms with Crippen molar-refractivity contribution in [3.8, 4) is 0 Å². The smallest absolute Gasteiger partial charge is 0.220 e. The van der Waals surface area contributed by atoms with Crippen molar-refractivity contribution in [2.24, 2.45) is 5.73 Å². The molecule has 0 aromatic rings. The molecule has 0 unspecified atom stereocenters. The maximum Gasteiger partial charge on any atom is 0.220 e. The molecular formula is C9H20N2OS. The van der Waals surface area contributed by atoms with Gasteiger partial charge in [-0.25, -0.2) is 0 Å². The van der Waals surface area contributed by atoms with Crippen molar-refractivity contribution in [3.05, 3.63) is 0 Å². The summed E-state index contributed by atoms with van der Waals surface area (Å²) < 4.78 is 0. The summed E-state index contributed by atoms with van der Waals surface area (Å²) in [6.45, 7) is 6.62. The molecule has 13 heavy (non-hydrogen) atoms. The molecule has 0 radical (unpaired) electrons. The molecule has 0 aliphatic rings. The highest BCUT2D eigenvalue weighted by Gasteiger charge is 2.10. The van der Waals surface area contributed by atoms with Gasteiger partial charge < -0.3 is 11.1 Å². The predicted molar refractivity (Wildman–Crippen MR) is 58.9 cm³/mol. The second kappa shape index (κ2) is 6.27. The van der Waals surface area contributed by atoms with Crippen LogP contribution < -0.4 is 11.1 Å². The molecule has 0 aliphatic carbocycles. The van der Waals surface area contributed by atoms with Crippen molar-refractivity contribution >= 4 is 17.7 Å². The van der Waals surface area contributed by atoms with Crippen molar-refractivity contribution in [1.29, 1.82) is 0 Å². The summed E-state index contributed by atoms with van der Waals surface area (Å²) in [5.41, 5.74) is 5.66. The van der Waals surface area contributed by atoms with Gasteiger partial charge in [0.05, 0.1) is 0 Å². The number of carbonyl (C=O) groups is 1. The minimum Gasteiger partial charge on any atom is -0.356 e. The fourth-order valence-electron chi connectivity index (χ4n) is 0.786. The highest BCUT2D eigenvalue weighted by Crippen LogP contribution is 2.10. The van der Waals surface area contributed by atoms with Crippen molar-refractivity contribution < 1.29 is 4.79 Å². The van der Waals surface area contributed by atoms with Crippen LogP contribution in [0.4, 0.5) is 0 Å². The Bertz CT molecular complexity index is 154. The third-order valence-electron chi connectivity index (χ3n) is 1.32. The molecule has 0 atom stereocenters. The van der Waals surface area contributed by atoms with Crippen LogP contribution in [0.2, 0.25) is 0 Å². The predicted octanol–water partition coefficient (Wildman–Crippen LogP) is 0.983. The van der Waals surface area contributed by atoms with Gasteiger partial charge in [0.25, 0.3) is 0 Å². The monoisotopic (exact) mass is 204 g/mol. The van der Waals surface area contributed by atoms with Crippen molar-refractivity contribution in [2.45, 2.75) is 32.7 Å². The number of rotatable bonds is 6. The molecule has 0 fully saturated rings. The molecule has 0 aliphatic heterocycles. The minimum absolute atomic E-state index is 0.129. The van der Waals surface area contributed by atoms with Gasteiger partial charge >= 0.3 is 0 Å². The fraction of sp³-hybridized carbons (Fsp3) is 0.889. The first-order chi connectivity index (χ1) is 5.95. The van der Waals surface area contributed by atoms with E-state index in [0.29, 0.717) is 13.0 Å². The Morgan fingerprint density at radius 1 is 1.54 bits per heavy atom. The second-order valence-electron chi connectivity index (χ2n) is 3.74. The Balaban J connectivity index is 3.31. The molecule has 0 bridgehead atoms. The van der Waals surface area contributed by atoms with Crippen LogP contribution in [0.25, 0.3) is 0 Å². The standard InChI is InChI=1S/C9H20N2OS/c1-4-11-8(12)5-6-13-7-9(2,3)10/h4-7,10H2,1-3H3,(H,11,12). The van der Waals surface area contributed by atoms with E-state index in [4.69, 9.17) is 5.73 Å². The molecule has 3 nitrogen and oxygen atoms in total. The number of nitrogens with one attached hydrogen (secondary N) is 1. The molecule has 78 valence electrons. The van der Waals surface area contributed by atoms with Crippen LogP contribution in [-0.4, -0.2) is 29.5 Å². The normalized spacial score (nSPS) is 11.4. The van der Waals surface area contributed by atoms with Crippen LogP contribution in [0.1, 0.15) is 27.2 Å². The number of amides is 1. The summed E-state index contributed by atoms with van der Waals surface area (Å²) in [5, 5.41) is 2.76. The minimum atomic E-state index is -0.133. The first kappa shape index (κ1) is 12.8. The van der Waals surface area contributed by atoms with E-state index >= 15 is 0 Å². The van der Waals surface area contributed by atoms with E-state index < -0.39 is 0 Å². The van der Waals surface area contributed by atoms with E-state index in [2.05, 4.69) is 5.32 Å². The molecule has 0 saturated heterocycles. The number of hydrogen-bond donors (Lipinski definition) is 2. The van der Waals surface area contributed by atoms with Gasteiger partial charge in [0, 0.05) is 30.0 Å². The largest absolute Gasteiger partial charge is 0.356 e. The molecule has 0 saturated carbocycles. The zero-order chi connectivity index (χ0) is 10.3. The van der Waals surface area contributed by atoms with E-state index in [1.165, 1.54) is 0 Å². The lowest BCUT2D eigenvalue weighted by Gasteiger charge is -2.17. The van der Waals surface area contributed by atoms with Gasteiger partial charge in [0.15, 0.2) is 0 Å². The van der Waals surface area contributed by atoms with Crippen LogP contribution >= 0.6 is 11.8 Å². The molecular weight excluding hydrogens is 184 g/mol. The van der Waals surface area contributed by atoms with Gasteiger partial charge in [-0.3, -0.25) is 4.79 Å². The van der Waals surface area contributed by atoms with Gasteiger partial charge in [0.1, 0.15) is 0 Å². The lowest BCUT2D eigenvalue weighted by Crippen LogP contribution is -2.35. The first-order valence-corrected chi connectivity index (χ1v) is 5.74. The molecule has 0 spiro atoms. The molecule has 1 amide bonds. The molecule has 0 aromatic heterocycles. The topological polar surface area (TPSA) is 55.1 Å². The lowest BCUT2D eigenvalue weighted by atomic mass is 10.1. The Hall–Kier alpha value is -0.220. The lowest BCUT2D eigenvalue weighted by molar-refractivity contribution is -0.120. The van der Waals surface area contributed by atoms with Crippen molar-refractivity contribution in [3.63, 3.8) is 0 Å². The SMILES string of the molecule is CCNC(=O)CCSCC(C)(C)N. The zero-order valence-corrected chi connectivity index (χ0v) is 9.54. The summed E-state index contributed by atoms with van der Waals surface area (Å²) in [5.74, 6) is 1.88. The Labute approximate surface area is 84.8 Å². The van der Waals surface area contributed by atoms with E-state index in [1.807, 2.05) is 20.8 Å². The zero-order valence-electron chi connectivity index (χ0n) is 8.72. The quantitative estimate of drug-likeness (QED) is 0.634. The summed E-state index contributed by atoms with van der Waals surface area (Å²) in [6.07, 6.45) is 0.592. The van der Waals surface area contributed by atoms with Crippen molar-refractivity contribution in [1.82, 2.24) is 5.32 Å². The molecule has 3 N–H and O–H groups in total. The van der Waals surface area contributed by atoms with E-state index in [9.17, 15) is 4.79 Å². The van der Waals surface area contributed by atoms with E-state index in [1.54, 1.807) is 11.8 Å². The van der Waals surface area contributed by atoms with Crippen LogP contribution in [-0.2, 0) is 4.79 Å². The Kier molecular flexibility index (Phi) is 6.16. The van der Waals surface area contributed by atoms with Gasteiger partial charge in [-0.15, -0.1) is 0 Å². The highest BCUT2D eigenvalue weighted by molar-refractivity contribution is 7.99. The molecule has 0 heterocycles. The molecule has 0 aromatic carbocycles. The van der Waals surface area contributed by atoms with Crippen molar-refractivity contribution in [2.75, 3.05) is 18.1 Å². The summed E-state index contributed by atoms with van der Waals surface area (Å²) >= 11 is 1.73. The highest BCUT2D eigenvalue weighted by atomic mass is 32.2. The van der Waals surface area contributed by atoms with Gasteiger partial charge in [-0.2, -0.15) is 11.8 Å². The third-order valence-corrected chi connectivity index (χ3v) is 2.76. The molecule has 0 rings (SSSR count). The van der Waals surface area contributed by atoms with Gasteiger partial charge in [-0.1, -0.05) is 0 Å². The Morgan fingerprint density at radius 3 is 2.62 bits per heavy atom. The van der Waals surface area contributed by atoms with E-state index in [0.717, 1.165) is 11.5 Å². The number of thioether (sulfide) groups is 1.